The smallest absolute Gasteiger partial charge is 0.449 e. The number of hydrogen-bond acceptors (Lipinski definition) is 6. The number of nitrogens with one attached hydrogen (secondary N) is 1. The lowest BCUT2D eigenvalue weighted by atomic mass is 10.4. The van der Waals surface area contributed by atoms with E-state index in [9.17, 15) is 9.59 Å². The third-order valence-corrected chi connectivity index (χ3v) is 1.68. The second-order valence-corrected chi connectivity index (χ2v) is 3.01. The predicted octanol–water partition coefficient (Wildman–Crippen LogP) is 0.873. The molecule has 0 aromatic carbocycles. The molecule has 0 fully saturated rings. The van der Waals surface area contributed by atoms with Gasteiger partial charge in [0, 0.05) is 25.9 Å². The Morgan fingerprint density at radius 3 is 2.89 bits per heavy atom. The van der Waals surface area contributed by atoms with Crippen molar-refractivity contribution >= 4 is 12.2 Å². The SMILES string of the molecule is COCCNC(=O)Oc1ccnc(OC(=O)O)c1. The predicted molar refractivity (Wildman–Crippen MR) is 58.8 cm³/mol. The van der Waals surface area contributed by atoms with E-state index in [0.29, 0.717) is 13.2 Å². The molecule has 8 heteroatoms. The summed E-state index contributed by atoms with van der Waals surface area (Å²) in [5.74, 6) is -0.0548. The maximum atomic E-state index is 11.3. The van der Waals surface area contributed by atoms with Gasteiger partial charge in [-0.2, -0.15) is 0 Å². The minimum Gasteiger partial charge on any atom is -0.449 e. The second-order valence-electron chi connectivity index (χ2n) is 3.01. The van der Waals surface area contributed by atoms with E-state index in [1.807, 2.05) is 0 Å². The molecule has 1 rings (SSSR count). The number of amides is 1. The van der Waals surface area contributed by atoms with Crippen LogP contribution in [-0.4, -0.2) is 42.6 Å². The lowest BCUT2D eigenvalue weighted by molar-refractivity contribution is 0.142. The van der Waals surface area contributed by atoms with Crippen molar-refractivity contribution in [2.45, 2.75) is 0 Å². The van der Waals surface area contributed by atoms with E-state index in [1.165, 1.54) is 25.4 Å². The average molecular weight is 256 g/mol. The highest BCUT2D eigenvalue weighted by atomic mass is 16.7. The quantitative estimate of drug-likeness (QED) is 0.594. The van der Waals surface area contributed by atoms with E-state index >= 15 is 0 Å². The number of aromatic nitrogens is 1. The van der Waals surface area contributed by atoms with Crippen molar-refractivity contribution < 1.29 is 28.9 Å². The Kier molecular flexibility index (Phi) is 5.39. The Morgan fingerprint density at radius 2 is 2.22 bits per heavy atom. The van der Waals surface area contributed by atoms with Gasteiger partial charge in [-0.1, -0.05) is 0 Å². The van der Waals surface area contributed by atoms with Gasteiger partial charge in [-0.15, -0.1) is 0 Å². The van der Waals surface area contributed by atoms with Crippen LogP contribution >= 0.6 is 0 Å². The Morgan fingerprint density at radius 1 is 1.44 bits per heavy atom. The summed E-state index contributed by atoms with van der Waals surface area (Å²) in [4.78, 5) is 25.2. The van der Waals surface area contributed by atoms with Crippen molar-refractivity contribution in [1.82, 2.24) is 10.3 Å². The maximum Gasteiger partial charge on any atom is 0.512 e. The Hall–Kier alpha value is -2.35. The van der Waals surface area contributed by atoms with Gasteiger partial charge >= 0.3 is 12.2 Å². The van der Waals surface area contributed by atoms with Crippen LogP contribution in [0.3, 0.4) is 0 Å². The number of carbonyl (C=O) groups excluding carboxylic acids is 1. The fourth-order valence-corrected chi connectivity index (χ4v) is 0.998. The van der Waals surface area contributed by atoms with Crippen LogP contribution < -0.4 is 14.8 Å². The van der Waals surface area contributed by atoms with Gasteiger partial charge in [0.15, 0.2) is 0 Å². The molecule has 98 valence electrons. The number of methoxy groups -OCH3 is 1. The van der Waals surface area contributed by atoms with Gasteiger partial charge in [0.2, 0.25) is 5.88 Å². The van der Waals surface area contributed by atoms with Crippen LogP contribution in [0.2, 0.25) is 0 Å². The summed E-state index contributed by atoms with van der Waals surface area (Å²) in [6, 6.07) is 2.58. The van der Waals surface area contributed by atoms with E-state index in [4.69, 9.17) is 14.6 Å². The lowest BCUT2D eigenvalue weighted by Gasteiger charge is -2.06. The molecular formula is C10H12N2O6. The largest absolute Gasteiger partial charge is 0.512 e. The molecule has 1 aromatic heterocycles. The molecule has 0 unspecified atom stereocenters. The number of carbonyl (C=O) groups is 2. The second kappa shape index (κ2) is 7.07. The molecule has 0 saturated heterocycles. The summed E-state index contributed by atoms with van der Waals surface area (Å²) in [6.07, 6.45) is -0.917. The molecule has 0 radical (unpaired) electrons. The van der Waals surface area contributed by atoms with Crippen molar-refractivity contribution in [3.8, 4) is 11.6 Å². The third kappa shape index (κ3) is 5.12. The molecule has 0 aliphatic rings. The number of ether oxygens (including phenoxy) is 3. The highest BCUT2D eigenvalue weighted by Gasteiger charge is 2.07. The van der Waals surface area contributed by atoms with E-state index < -0.39 is 12.2 Å². The molecule has 8 nitrogen and oxygen atoms in total. The Bertz CT molecular complexity index is 423. The summed E-state index contributed by atoms with van der Waals surface area (Å²) in [5, 5.41) is 10.8. The maximum absolute atomic E-state index is 11.3. The van der Waals surface area contributed by atoms with Crippen molar-refractivity contribution in [2.75, 3.05) is 20.3 Å². The van der Waals surface area contributed by atoms with Crippen molar-refractivity contribution in [1.29, 1.82) is 0 Å². The monoisotopic (exact) mass is 256 g/mol. The molecule has 2 N–H and O–H groups in total. The fraction of sp³-hybridized carbons (Fsp3) is 0.300. The van der Waals surface area contributed by atoms with Crippen LogP contribution in [0.15, 0.2) is 18.3 Å². The Balaban J connectivity index is 2.51. The number of nitrogens with zero attached hydrogens (tertiary/aromatic N) is 1. The summed E-state index contributed by atoms with van der Waals surface area (Å²) >= 11 is 0. The molecule has 1 amide bonds. The highest BCUT2D eigenvalue weighted by molar-refractivity contribution is 5.70. The van der Waals surface area contributed by atoms with Crippen LogP contribution in [-0.2, 0) is 4.74 Å². The van der Waals surface area contributed by atoms with E-state index in [2.05, 4.69) is 15.0 Å². The van der Waals surface area contributed by atoms with E-state index in [0.717, 1.165) is 0 Å². The molecule has 0 aliphatic carbocycles. The third-order valence-electron chi connectivity index (χ3n) is 1.68. The lowest BCUT2D eigenvalue weighted by Crippen LogP contribution is -2.29. The minimum atomic E-state index is -1.50. The first-order valence-electron chi connectivity index (χ1n) is 4.93. The van der Waals surface area contributed by atoms with Crippen LogP contribution in [0.25, 0.3) is 0 Å². The summed E-state index contributed by atoms with van der Waals surface area (Å²) in [6.45, 7) is 0.664. The topological polar surface area (TPSA) is 107 Å². The Labute approximate surface area is 102 Å². The van der Waals surface area contributed by atoms with Crippen LogP contribution in [0, 0.1) is 0 Å². The summed E-state index contributed by atoms with van der Waals surface area (Å²) in [7, 11) is 1.51. The van der Waals surface area contributed by atoms with E-state index in [-0.39, 0.29) is 11.6 Å². The average Bonchev–Trinajstić information content (AvgIpc) is 2.28. The normalized spacial score (nSPS) is 9.61. The van der Waals surface area contributed by atoms with Gasteiger partial charge in [-0.05, 0) is 6.07 Å². The van der Waals surface area contributed by atoms with Crippen molar-refractivity contribution in [3.05, 3.63) is 18.3 Å². The van der Waals surface area contributed by atoms with Gasteiger partial charge in [0.1, 0.15) is 5.75 Å². The van der Waals surface area contributed by atoms with Gasteiger partial charge in [0.25, 0.3) is 0 Å². The molecule has 0 atom stereocenters. The van der Waals surface area contributed by atoms with Gasteiger partial charge in [-0.25, -0.2) is 14.6 Å². The highest BCUT2D eigenvalue weighted by Crippen LogP contribution is 2.16. The molecule has 1 heterocycles. The first-order valence-corrected chi connectivity index (χ1v) is 4.93. The molecule has 0 aliphatic heterocycles. The summed E-state index contributed by atoms with van der Waals surface area (Å²) in [5.41, 5.74) is 0. The van der Waals surface area contributed by atoms with E-state index in [1.54, 1.807) is 0 Å². The molecule has 0 spiro atoms. The number of rotatable bonds is 5. The van der Waals surface area contributed by atoms with Crippen LogP contribution in [0.5, 0.6) is 11.6 Å². The number of carboxylic acid groups (broad SMARTS) is 1. The molecular weight excluding hydrogens is 244 g/mol. The first-order chi connectivity index (χ1) is 8.61. The molecule has 1 aromatic rings. The zero-order valence-corrected chi connectivity index (χ0v) is 9.58. The standard InChI is InChI=1S/C10H12N2O6/c1-16-5-4-12-9(13)17-7-2-3-11-8(6-7)18-10(14)15/h2-3,6H,4-5H2,1H3,(H,12,13)(H,14,15). The molecule has 18 heavy (non-hydrogen) atoms. The van der Waals surface area contributed by atoms with Gasteiger partial charge < -0.3 is 24.6 Å². The molecule has 0 bridgehead atoms. The van der Waals surface area contributed by atoms with Gasteiger partial charge in [-0.3, -0.25) is 0 Å². The zero-order valence-electron chi connectivity index (χ0n) is 9.58. The van der Waals surface area contributed by atoms with Crippen LogP contribution in [0.4, 0.5) is 9.59 Å². The first kappa shape index (κ1) is 13.7. The fourth-order valence-electron chi connectivity index (χ4n) is 0.998. The van der Waals surface area contributed by atoms with Gasteiger partial charge in [0.05, 0.1) is 6.61 Å². The van der Waals surface area contributed by atoms with Crippen molar-refractivity contribution in [2.24, 2.45) is 0 Å². The molecule has 0 saturated carbocycles. The van der Waals surface area contributed by atoms with Crippen molar-refractivity contribution in [3.63, 3.8) is 0 Å². The number of hydrogen-bond donors (Lipinski definition) is 2. The zero-order chi connectivity index (χ0) is 13.4. The number of pyridine rings is 1. The minimum absolute atomic E-state index is 0.121. The summed E-state index contributed by atoms with van der Waals surface area (Å²) < 4.78 is 13.9. The van der Waals surface area contributed by atoms with Crippen LogP contribution in [0.1, 0.15) is 0 Å².